The molecule has 0 amide bonds. The highest BCUT2D eigenvalue weighted by molar-refractivity contribution is 5.19. The number of hydrogen-bond donors (Lipinski definition) is 1. The number of halogens is 1. The molecule has 27 heavy (non-hydrogen) atoms. The zero-order valence-electron chi connectivity index (χ0n) is 16.7. The van der Waals surface area contributed by atoms with E-state index in [4.69, 9.17) is 0 Å². The van der Waals surface area contributed by atoms with Crippen molar-refractivity contribution in [2.75, 3.05) is 13.2 Å². The van der Waals surface area contributed by atoms with Crippen LogP contribution in [0, 0.1) is 11.7 Å². The fourth-order valence-corrected chi connectivity index (χ4v) is 4.08. The second-order valence-electron chi connectivity index (χ2n) is 8.61. The molecule has 0 spiro atoms. The lowest BCUT2D eigenvalue weighted by molar-refractivity contribution is 0.0311. The monoisotopic (exact) mass is 372 g/mol. The Bertz CT molecular complexity index is 719. The van der Waals surface area contributed by atoms with Crippen molar-refractivity contribution in [2.24, 2.45) is 5.92 Å². The summed E-state index contributed by atoms with van der Waals surface area (Å²) in [5.74, 6) is 0.526. The van der Waals surface area contributed by atoms with Crippen molar-refractivity contribution < 1.29 is 9.50 Å². The Labute approximate surface area is 162 Å². The zero-order chi connectivity index (χ0) is 19.3. The van der Waals surface area contributed by atoms with E-state index in [-0.39, 0.29) is 18.0 Å². The Morgan fingerprint density at radius 2 is 1.93 bits per heavy atom. The van der Waals surface area contributed by atoms with Crippen molar-refractivity contribution in [2.45, 2.75) is 64.6 Å². The predicted octanol–water partition coefficient (Wildman–Crippen LogP) is 4.83. The van der Waals surface area contributed by atoms with Crippen LogP contribution in [0.15, 0.2) is 42.6 Å². The maximum Gasteiger partial charge on any atom is 0.123 e. The molecule has 3 nitrogen and oxygen atoms in total. The quantitative estimate of drug-likeness (QED) is 0.719. The Hall–Kier alpha value is -1.65. The van der Waals surface area contributed by atoms with E-state index in [1.54, 1.807) is 12.1 Å². The summed E-state index contributed by atoms with van der Waals surface area (Å²) in [4.78, 5) is 2.43. The van der Waals surface area contributed by atoms with Gasteiger partial charge in [-0.05, 0) is 62.4 Å². The minimum Gasteiger partial charge on any atom is -0.394 e. The molecule has 1 aromatic heterocycles. The van der Waals surface area contributed by atoms with Gasteiger partial charge in [-0.15, -0.1) is 0 Å². The maximum absolute atomic E-state index is 13.5. The minimum absolute atomic E-state index is 0.143. The Morgan fingerprint density at radius 1 is 1.15 bits per heavy atom. The van der Waals surface area contributed by atoms with Crippen LogP contribution in [0.2, 0.25) is 0 Å². The molecule has 1 fully saturated rings. The van der Waals surface area contributed by atoms with E-state index in [2.05, 4.69) is 41.6 Å². The van der Waals surface area contributed by atoms with E-state index >= 15 is 0 Å². The summed E-state index contributed by atoms with van der Waals surface area (Å²) in [7, 11) is 0. The van der Waals surface area contributed by atoms with Crippen LogP contribution < -0.4 is 0 Å². The number of hydrogen-bond acceptors (Lipinski definition) is 2. The highest BCUT2D eigenvalue weighted by atomic mass is 19.1. The van der Waals surface area contributed by atoms with E-state index in [0.717, 1.165) is 24.6 Å². The third-order valence-corrected chi connectivity index (χ3v) is 5.96. The zero-order valence-corrected chi connectivity index (χ0v) is 16.7. The van der Waals surface area contributed by atoms with E-state index in [0.29, 0.717) is 6.54 Å². The molecular formula is C23H33FN2O. The molecule has 0 aliphatic heterocycles. The lowest BCUT2D eigenvalue weighted by Crippen LogP contribution is -2.48. The topological polar surface area (TPSA) is 28.4 Å². The highest BCUT2D eigenvalue weighted by Gasteiger charge is 2.29. The van der Waals surface area contributed by atoms with Gasteiger partial charge in [-0.2, -0.15) is 0 Å². The standard InChI is InChI=1S/C23H33FN2O/c1-23(2,18-27)26(16-19-8-4-3-5-9-19)17-22-12-7-13-25(22)15-20-10-6-11-21(24)14-20/h6-7,10-14,19,27H,3-5,8-9,15-18H2,1-2H3. The fourth-order valence-electron chi connectivity index (χ4n) is 4.08. The predicted molar refractivity (Wildman–Crippen MR) is 108 cm³/mol. The number of nitrogens with zero attached hydrogens (tertiary/aromatic N) is 2. The van der Waals surface area contributed by atoms with Crippen LogP contribution in [0.5, 0.6) is 0 Å². The SMILES string of the molecule is CC(C)(CO)N(Cc1cccn1Cc1cccc(F)c1)CC1CCCCC1. The van der Waals surface area contributed by atoms with Crippen molar-refractivity contribution >= 4 is 0 Å². The molecule has 2 aromatic rings. The Morgan fingerprint density at radius 3 is 2.63 bits per heavy atom. The number of aliphatic hydroxyl groups is 1. The minimum atomic E-state index is -0.259. The Kier molecular flexibility index (Phi) is 6.72. The van der Waals surface area contributed by atoms with E-state index in [1.807, 2.05) is 6.07 Å². The maximum atomic E-state index is 13.5. The summed E-state index contributed by atoms with van der Waals surface area (Å²) in [6.45, 7) is 6.87. The molecule has 3 rings (SSSR count). The van der Waals surface area contributed by atoms with Gasteiger partial charge in [0.15, 0.2) is 0 Å². The van der Waals surface area contributed by atoms with Gasteiger partial charge in [0, 0.05) is 37.1 Å². The van der Waals surface area contributed by atoms with Crippen LogP contribution in [-0.4, -0.2) is 33.3 Å². The first-order chi connectivity index (χ1) is 13.0. The van der Waals surface area contributed by atoms with Crippen molar-refractivity contribution in [1.29, 1.82) is 0 Å². The molecule has 0 atom stereocenters. The second kappa shape index (κ2) is 9.03. The van der Waals surface area contributed by atoms with Crippen LogP contribution in [0.3, 0.4) is 0 Å². The van der Waals surface area contributed by atoms with E-state index in [1.165, 1.54) is 43.9 Å². The summed E-state index contributed by atoms with van der Waals surface area (Å²) < 4.78 is 15.7. The van der Waals surface area contributed by atoms with Crippen molar-refractivity contribution in [3.63, 3.8) is 0 Å². The van der Waals surface area contributed by atoms with Gasteiger partial charge in [-0.25, -0.2) is 4.39 Å². The molecule has 1 aromatic carbocycles. The first-order valence-corrected chi connectivity index (χ1v) is 10.2. The molecule has 1 heterocycles. The molecule has 1 aliphatic rings. The largest absolute Gasteiger partial charge is 0.394 e. The smallest absolute Gasteiger partial charge is 0.123 e. The summed E-state index contributed by atoms with van der Waals surface area (Å²) >= 11 is 0. The van der Waals surface area contributed by atoms with Gasteiger partial charge in [-0.1, -0.05) is 31.4 Å². The second-order valence-corrected chi connectivity index (χ2v) is 8.61. The van der Waals surface area contributed by atoms with Gasteiger partial charge in [0.2, 0.25) is 0 Å². The summed E-state index contributed by atoms with van der Waals surface area (Å²) in [5, 5.41) is 9.97. The summed E-state index contributed by atoms with van der Waals surface area (Å²) in [5.41, 5.74) is 1.91. The van der Waals surface area contributed by atoms with E-state index < -0.39 is 0 Å². The molecule has 148 valence electrons. The number of aromatic nitrogens is 1. The fraction of sp³-hybridized carbons (Fsp3) is 0.565. The number of benzene rings is 1. The average molecular weight is 373 g/mol. The molecular weight excluding hydrogens is 339 g/mol. The summed E-state index contributed by atoms with van der Waals surface area (Å²) in [6, 6.07) is 11.0. The van der Waals surface area contributed by atoms with Crippen LogP contribution >= 0.6 is 0 Å². The number of aliphatic hydroxyl groups excluding tert-OH is 1. The van der Waals surface area contributed by atoms with Crippen molar-refractivity contribution in [1.82, 2.24) is 9.47 Å². The molecule has 0 saturated heterocycles. The molecule has 1 saturated carbocycles. The molecule has 0 unspecified atom stereocenters. The summed E-state index contributed by atoms with van der Waals surface area (Å²) in [6.07, 6.45) is 8.66. The Balaban J connectivity index is 1.74. The van der Waals surface area contributed by atoms with Gasteiger partial charge in [-0.3, -0.25) is 4.90 Å². The molecule has 0 radical (unpaired) electrons. The highest BCUT2D eigenvalue weighted by Crippen LogP contribution is 2.28. The normalized spacial score (nSPS) is 16.2. The van der Waals surface area contributed by atoms with Gasteiger partial charge in [0.1, 0.15) is 5.82 Å². The van der Waals surface area contributed by atoms with Crippen LogP contribution in [0.4, 0.5) is 4.39 Å². The number of rotatable bonds is 8. The van der Waals surface area contributed by atoms with Gasteiger partial charge >= 0.3 is 0 Å². The van der Waals surface area contributed by atoms with Crippen molar-refractivity contribution in [3.05, 3.63) is 59.7 Å². The lowest BCUT2D eigenvalue weighted by atomic mass is 9.87. The third kappa shape index (κ3) is 5.43. The first-order valence-electron chi connectivity index (χ1n) is 10.2. The molecule has 1 aliphatic carbocycles. The third-order valence-electron chi connectivity index (χ3n) is 5.96. The van der Waals surface area contributed by atoms with Crippen LogP contribution in [0.1, 0.15) is 57.2 Å². The molecule has 0 bridgehead atoms. The van der Waals surface area contributed by atoms with Crippen LogP contribution in [-0.2, 0) is 13.1 Å². The van der Waals surface area contributed by atoms with Gasteiger partial charge in [0.05, 0.1) is 6.61 Å². The lowest BCUT2D eigenvalue weighted by Gasteiger charge is -2.40. The average Bonchev–Trinajstić information content (AvgIpc) is 3.09. The van der Waals surface area contributed by atoms with Gasteiger partial charge < -0.3 is 9.67 Å². The molecule has 1 N–H and O–H groups in total. The first kappa shape index (κ1) is 20.1. The van der Waals surface area contributed by atoms with E-state index in [9.17, 15) is 9.50 Å². The van der Waals surface area contributed by atoms with Crippen molar-refractivity contribution in [3.8, 4) is 0 Å². The van der Waals surface area contributed by atoms with Gasteiger partial charge in [0.25, 0.3) is 0 Å². The molecule has 4 heteroatoms. The van der Waals surface area contributed by atoms with Crippen LogP contribution in [0.25, 0.3) is 0 Å².